The van der Waals surface area contributed by atoms with Crippen LogP contribution in [0.2, 0.25) is 0 Å². The van der Waals surface area contributed by atoms with E-state index in [0.29, 0.717) is 0 Å². The van der Waals surface area contributed by atoms with Gasteiger partial charge >= 0.3 is 40.0 Å². The van der Waals surface area contributed by atoms with Gasteiger partial charge in [-0.05, 0) is 20.8 Å². The van der Waals surface area contributed by atoms with Crippen LogP contribution in [0.5, 0.6) is 0 Å². The van der Waals surface area contributed by atoms with Crippen LogP contribution in [-0.2, 0) is 10.4 Å². The largest absolute Gasteiger partial charge is 1.00 e. The molecule has 0 saturated carbocycles. The Morgan fingerprint density at radius 1 is 1.06 bits per heavy atom. The predicted octanol–water partition coefficient (Wildman–Crippen LogP) is -0.913. The van der Waals surface area contributed by atoms with Crippen molar-refractivity contribution in [2.45, 2.75) is 43.1 Å². The fraction of sp³-hybridized carbons (Fsp3) is 0.778. The first kappa shape index (κ1) is 52.3. The van der Waals surface area contributed by atoms with Crippen molar-refractivity contribution in [1.29, 1.82) is 10.5 Å². The molecule has 0 rings (SSSR count). The summed E-state index contributed by atoms with van der Waals surface area (Å²) in [6, 6.07) is 2.10. The van der Waals surface area contributed by atoms with Gasteiger partial charge in [-0.3, -0.25) is 9.11 Å². The molecule has 0 unspecified atom stereocenters. The second kappa shape index (κ2) is 25.6. The van der Waals surface area contributed by atoms with Crippen LogP contribution in [-0.4, -0.2) is 23.0 Å². The van der Waals surface area contributed by atoms with Gasteiger partial charge in [0, 0.05) is 5.41 Å². The number of hydrogen-bond acceptors (Lipinski definition) is 4. The average molecular weight is 296 g/mol. The van der Waals surface area contributed by atoms with Crippen LogP contribution in [0.1, 0.15) is 43.1 Å². The molecule has 0 radical (unpaired) electrons. The minimum atomic E-state index is -4.67. The van der Waals surface area contributed by atoms with Crippen LogP contribution in [0.15, 0.2) is 0 Å². The molecule has 0 aliphatic heterocycles. The summed E-state index contributed by atoms with van der Waals surface area (Å²) in [5.74, 6) is 0. The zero-order chi connectivity index (χ0) is 11.7. The van der Waals surface area contributed by atoms with Gasteiger partial charge in [0.15, 0.2) is 0 Å². The minimum Gasteiger partial charge on any atom is -0.512 e. The number of nitrogens with zero attached hydrogens (tertiary/aromatic N) is 2. The Balaban J connectivity index is -0.0000000131. The Hall–Kier alpha value is -0.190. The van der Waals surface area contributed by atoms with Crippen molar-refractivity contribution in [3.63, 3.8) is 0 Å². The molecule has 0 aromatic rings. The van der Waals surface area contributed by atoms with Crippen molar-refractivity contribution in [1.82, 2.24) is 0 Å². The molecule has 18 heavy (non-hydrogen) atoms. The Morgan fingerprint density at radius 2 is 1.11 bits per heavy atom. The molecule has 0 heterocycles. The molecule has 0 aromatic carbocycles. The fourth-order valence-corrected chi connectivity index (χ4v) is 0. The van der Waals surface area contributed by atoms with Crippen LogP contribution in [0.4, 0.5) is 0 Å². The standard InChI is InChI=1S/C5H9N.CN.3CH4.Na.H2O4S.H2O/c1-5(2,3)4-6;1-2;;;;;1-5(2,3)4;/h1-3H3;;3*1H4;;(H2,1,2,3,4);1H2/q;-1;;;;+1;;. The van der Waals surface area contributed by atoms with Gasteiger partial charge in [0.25, 0.3) is 0 Å². The smallest absolute Gasteiger partial charge is 0.512 e. The van der Waals surface area contributed by atoms with Crippen LogP contribution >= 0.6 is 0 Å². The summed E-state index contributed by atoms with van der Waals surface area (Å²) < 4.78 is 31.6. The van der Waals surface area contributed by atoms with E-state index < -0.39 is 10.4 Å². The summed E-state index contributed by atoms with van der Waals surface area (Å²) in [7, 11) is -4.67. The maximum absolute atomic E-state index is 8.74. The molecule has 0 amide bonds. The van der Waals surface area contributed by atoms with Gasteiger partial charge in [-0.15, -0.1) is 0 Å². The topological polar surface area (TPSA) is 154 Å². The summed E-state index contributed by atoms with van der Waals surface area (Å²) in [5.41, 5.74) is -0.153. The summed E-state index contributed by atoms with van der Waals surface area (Å²) >= 11 is 0. The maximum atomic E-state index is 8.74. The number of rotatable bonds is 0. The first-order chi connectivity index (χ1) is 5.56. The molecule has 7 nitrogen and oxygen atoms in total. The van der Waals surface area contributed by atoms with E-state index in [0.717, 1.165) is 0 Å². The van der Waals surface area contributed by atoms with Crippen molar-refractivity contribution in [3.05, 3.63) is 6.57 Å². The molecular formula is C9H25N2NaO5S. The second-order valence-electron chi connectivity index (χ2n) is 2.81. The summed E-state index contributed by atoms with van der Waals surface area (Å²) in [6.45, 7) is 10.4. The first-order valence-electron chi connectivity index (χ1n) is 2.90. The second-order valence-corrected chi connectivity index (χ2v) is 3.71. The molecule has 0 aromatic heterocycles. The van der Waals surface area contributed by atoms with E-state index in [1.165, 1.54) is 0 Å². The van der Waals surface area contributed by atoms with Gasteiger partial charge in [-0.25, -0.2) is 0 Å². The van der Waals surface area contributed by atoms with Gasteiger partial charge in [-0.1, -0.05) is 22.3 Å². The predicted molar refractivity (Wildman–Crippen MR) is 68.0 cm³/mol. The molecule has 4 N–H and O–H groups in total. The van der Waals surface area contributed by atoms with Gasteiger partial charge in [0.2, 0.25) is 0 Å². The van der Waals surface area contributed by atoms with Gasteiger partial charge in [0.05, 0.1) is 6.07 Å². The molecular weight excluding hydrogens is 271 g/mol. The molecule has 0 aliphatic carbocycles. The normalized spacial score (nSPS) is 6.78. The fourth-order valence-electron chi connectivity index (χ4n) is 0. The quantitative estimate of drug-likeness (QED) is 0.335. The minimum absolute atomic E-state index is 0. The summed E-state index contributed by atoms with van der Waals surface area (Å²) in [6.07, 6.45) is 0. The summed E-state index contributed by atoms with van der Waals surface area (Å²) in [4.78, 5) is 0. The number of nitriles is 1. The van der Waals surface area contributed by atoms with E-state index in [-0.39, 0.29) is 62.7 Å². The third kappa shape index (κ3) is 439. The van der Waals surface area contributed by atoms with E-state index in [1.807, 2.05) is 20.8 Å². The van der Waals surface area contributed by atoms with E-state index in [4.69, 9.17) is 34.6 Å². The average Bonchev–Trinajstić information content (AvgIpc) is 1.87. The molecule has 9 heteroatoms. The SMILES string of the molecule is C.C.C.CC(C)(C)C#N.O.O=S(=O)(O)O.[C-]#N.[Na+]. The third-order valence-electron chi connectivity index (χ3n) is 0.335. The van der Waals surface area contributed by atoms with Crippen LogP contribution in [0, 0.1) is 28.6 Å². The van der Waals surface area contributed by atoms with Gasteiger partial charge < -0.3 is 17.3 Å². The Kier molecular flexibility index (Phi) is 74.4. The van der Waals surface area contributed by atoms with E-state index in [9.17, 15) is 0 Å². The molecule has 0 aliphatic rings. The van der Waals surface area contributed by atoms with Crippen molar-refractivity contribution in [3.8, 4) is 6.07 Å². The van der Waals surface area contributed by atoms with Gasteiger partial charge in [0.1, 0.15) is 0 Å². The Bertz CT molecular complexity index is 270. The molecule has 0 bridgehead atoms. The van der Waals surface area contributed by atoms with Crippen molar-refractivity contribution < 1.29 is 52.6 Å². The number of hydrogen-bond donors (Lipinski definition) is 2. The van der Waals surface area contributed by atoms with E-state index in [1.54, 1.807) is 0 Å². The van der Waals surface area contributed by atoms with Crippen LogP contribution in [0.3, 0.4) is 0 Å². The molecule has 108 valence electrons. The van der Waals surface area contributed by atoms with E-state index in [2.05, 4.69) is 6.07 Å². The van der Waals surface area contributed by atoms with Gasteiger partial charge in [-0.2, -0.15) is 13.7 Å². The van der Waals surface area contributed by atoms with Crippen molar-refractivity contribution >= 4 is 10.4 Å². The third-order valence-corrected chi connectivity index (χ3v) is 0.335. The molecule has 0 spiro atoms. The zero-order valence-corrected chi connectivity index (χ0v) is 11.8. The Labute approximate surface area is 134 Å². The molecule has 0 saturated heterocycles. The molecule has 0 fully saturated rings. The first-order valence-corrected chi connectivity index (χ1v) is 4.29. The van der Waals surface area contributed by atoms with Crippen LogP contribution < -0.4 is 29.6 Å². The Morgan fingerprint density at radius 3 is 1.11 bits per heavy atom. The van der Waals surface area contributed by atoms with Crippen molar-refractivity contribution in [2.24, 2.45) is 5.41 Å². The van der Waals surface area contributed by atoms with Crippen LogP contribution in [0.25, 0.3) is 0 Å². The monoisotopic (exact) mass is 296 g/mol. The van der Waals surface area contributed by atoms with Crippen molar-refractivity contribution in [2.75, 3.05) is 0 Å². The van der Waals surface area contributed by atoms with E-state index >= 15 is 0 Å². The maximum Gasteiger partial charge on any atom is 1.00 e. The zero-order valence-electron chi connectivity index (χ0n) is 9.01. The molecule has 0 atom stereocenters. The summed E-state index contributed by atoms with van der Waals surface area (Å²) in [5, 5.41) is 14.4.